The van der Waals surface area contributed by atoms with E-state index >= 15 is 0 Å². The third-order valence-electron chi connectivity index (χ3n) is 3.26. The van der Waals surface area contributed by atoms with Crippen molar-refractivity contribution in [3.05, 3.63) is 59.7 Å². The number of para-hydroxylation sites is 1. The second kappa shape index (κ2) is 6.26. The van der Waals surface area contributed by atoms with Gasteiger partial charge < -0.3 is 5.43 Å². The van der Waals surface area contributed by atoms with E-state index in [1.165, 1.54) is 10.4 Å². The summed E-state index contributed by atoms with van der Waals surface area (Å²) in [6.45, 7) is 2.30. The van der Waals surface area contributed by atoms with Crippen molar-refractivity contribution in [2.45, 2.75) is 18.4 Å². The summed E-state index contributed by atoms with van der Waals surface area (Å²) in [6.07, 6.45) is 0. The summed E-state index contributed by atoms with van der Waals surface area (Å²) < 4.78 is 26.5. The SMILES string of the molecule is Cc1ccc(CN(C)S(=O)(=O)c2ccccc2NN)cc1. The van der Waals surface area contributed by atoms with Crippen LogP contribution in [0.1, 0.15) is 11.1 Å². The highest BCUT2D eigenvalue weighted by Crippen LogP contribution is 2.24. The average molecular weight is 305 g/mol. The Balaban J connectivity index is 2.28. The number of nitrogen functional groups attached to an aromatic ring is 1. The van der Waals surface area contributed by atoms with Gasteiger partial charge in [-0.2, -0.15) is 4.31 Å². The normalized spacial score (nSPS) is 11.6. The van der Waals surface area contributed by atoms with E-state index in [0.29, 0.717) is 12.2 Å². The number of sulfonamides is 1. The topological polar surface area (TPSA) is 75.4 Å². The van der Waals surface area contributed by atoms with Crippen LogP contribution in [0.5, 0.6) is 0 Å². The summed E-state index contributed by atoms with van der Waals surface area (Å²) >= 11 is 0. The third kappa shape index (κ3) is 3.41. The molecule has 0 amide bonds. The summed E-state index contributed by atoms with van der Waals surface area (Å²) in [5.41, 5.74) is 4.88. The molecule has 0 aromatic heterocycles. The summed E-state index contributed by atoms with van der Waals surface area (Å²) in [5.74, 6) is 5.38. The number of hydrogen-bond acceptors (Lipinski definition) is 4. The maximum atomic E-state index is 12.6. The number of nitrogens with two attached hydrogens (primary N) is 1. The number of hydrazine groups is 1. The van der Waals surface area contributed by atoms with Crippen molar-refractivity contribution < 1.29 is 8.42 Å². The van der Waals surface area contributed by atoms with Crippen molar-refractivity contribution in [3.8, 4) is 0 Å². The zero-order valence-corrected chi connectivity index (χ0v) is 12.9. The molecule has 0 heterocycles. The molecule has 6 heteroatoms. The lowest BCUT2D eigenvalue weighted by Gasteiger charge is -2.19. The van der Waals surface area contributed by atoms with E-state index in [-0.39, 0.29) is 4.90 Å². The van der Waals surface area contributed by atoms with Crippen molar-refractivity contribution >= 4 is 15.7 Å². The molecule has 0 atom stereocenters. The Kier molecular flexibility index (Phi) is 4.62. The number of hydrogen-bond donors (Lipinski definition) is 2. The van der Waals surface area contributed by atoms with E-state index in [1.807, 2.05) is 31.2 Å². The van der Waals surface area contributed by atoms with Crippen LogP contribution in [-0.4, -0.2) is 19.8 Å². The minimum absolute atomic E-state index is 0.169. The van der Waals surface area contributed by atoms with Crippen LogP contribution in [0.25, 0.3) is 0 Å². The maximum Gasteiger partial charge on any atom is 0.245 e. The second-order valence-electron chi connectivity index (χ2n) is 4.89. The van der Waals surface area contributed by atoms with Crippen molar-refractivity contribution in [2.75, 3.05) is 12.5 Å². The molecular formula is C15H19N3O2S. The first-order valence-electron chi connectivity index (χ1n) is 6.52. The van der Waals surface area contributed by atoms with Gasteiger partial charge in [-0.15, -0.1) is 0 Å². The smallest absolute Gasteiger partial charge is 0.245 e. The Morgan fingerprint density at radius 3 is 2.33 bits per heavy atom. The molecule has 0 aliphatic rings. The Hall–Kier alpha value is -1.89. The Morgan fingerprint density at radius 2 is 1.71 bits per heavy atom. The minimum atomic E-state index is -3.60. The van der Waals surface area contributed by atoms with Gasteiger partial charge in [0.1, 0.15) is 4.90 Å². The van der Waals surface area contributed by atoms with Crippen LogP contribution >= 0.6 is 0 Å². The fraction of sp³-hybridized carbons (Fsp3) is 0.200. The van der Waals surface area contributed by atoms with Gasteiger partial charge in [0.05, 0.1) is 5.69 Å². The lowest BCUT2D eigenvalue weighted by atomic mass is 10.1. The van der Waals surface area contributed by atoms with Gasteiger partial charge in [0.2, 0.25) is 10.0 Å². The van der Waals surface area contributed by atoms with Crippen LogP contribution in [0.2, 0.25) is 0 Å². The first kappa shape index (κ1) is 15.5. The standard InChI is InChI=1S/C15H19N3O2S/c1-12-7-9-13(10-8-12)11-18(2)21(19,20)15-6-4-3-5-14(15)17-16/h3-10,17H,11,16H2,1-2H3. The van der Waals surface area contributed by atoms with Gasteiger partial charge in [0, 0.05) is 13.6 Å². The van der Waals surface area contributed by atoms with Gasteiger partial charge in [-0.1, -0.05) is 42.0 Å². The van der Waals surface area contributed by atoms with Gasteiger partial charge in [0.25, 0.3) is 0 Å². The number of aryl methyl sites for hydroxylation is 1. The molecule has 0 aliphatic heterocycles. The van der Waals surface area contributed by atoms with E-state index in [1.54, 1.807) is 25.2 Å². The molecule has 2 rings (SSSR count). The van der Waals surface area contributed by atoms with Gasteiger partial charge >= 0.3 is 0 Å². The van der Waals surface area contributed by atoms with E-state index in [9.17, 15) is 8.42 Å². The molecule has 0 saturated heterocycles. The molecule has 112 valence electrons. The molecule has 0 bridgehead atoms. The van der Waals surface area contributed by atoms with E-state index < -0.39 is 10.0 Å². The summed E-state index contributed by atoms with van der Waals surface area (Å²) in [6, 6.07) is 14.4. The fourth-order valence-corrected chi connectivity index (χ4v) is 3.32. The Labute approximate surface area is 125 Å². The monoisotopic (exact) mass is 305 g/mol. The fourth-order valence-electron chi connectivity index (χ4n) is 2.01. The van der Waals surface area contributed by atoms with Gasteiger partial charge in [0.15, 0.2) is 0 Å². The van der Waals surface area contributed by atoms with Crippen LogP contribution in [0.15, 0.2) is 53.4 Å². The quantitative estimate of drug-likeness (QED) is 0.655. The summed E-state index contributed by atoms with van der Waals surface area (Å²) in [4.78, 5) is 0.169. The summed E-state index contributed by atoms with van der Waals surface area (Å²) in [7, 11) is -2.04. The molecule has 0 radical (unpaired) electrons. The molecule has 0 aliphatic carbocycles. The van der Waals surface area contributed by atoms with Crippen LogP contribution in [-0.2, 0) is 16.6 Å². The number of nitrogens with zero attached hydrogens (tertiary/aromatic N) is 1. The van der Waals surface area contributed by atoms with E-state index in [4.69, 9.17) is 5.84 Å². The second-order valence-corrected chi connectivity index (χ2v) is 6.90. The highest BCUT2D eigenvalue weighted by molar-refractivity contribution is 7.89. The molecule has 0 spiro atoms. The lowest BCUT2D eigenvalue weighted by molar-refractivity contribution is 0.467. The predicted octanol–water partition coefficient (Wildman–Crippen LogP) is 2.10. The zero-order chi connectivity index (χ0) is 15.5. The molecular weight excluding hydrogens is 286 g/mol. The largest absolute Gasteiger partial charge is 0.323 e. The number of nitrogens with one attached hydrogen (secondary N) is 1. The number of benzene rings is 2. The Morgan fingerprint density at radius 1 is 1.10 bits per heavy atom. The Bertz CT molecular complexity index is 712. The van der Waals surface area contributed by atoms with Crippen LogP contribution < -0.4 is 11.3 Å². The molecule has 3 N–H and O–H groups in total. The molecule has 2 aromatic rings. The highest BCUT2D eigenvalue weighted by Gasteiger charge is 2.23. The van der Waals surface area contributed by atoms with Gasteiger partial charge in [-0.25, -0.2) is 8.42 Å². The van der Waals surface area contributed by atoms with E-state index in [0.717, 1.165) is 11.1 Å². The lowest BCUT2D eigenvalue weighted by Crippen LogP contribution is -2.27. The first-order valence-corrected chi connectivity index (χ1v) is 7.96. The molecule has 2 aromatic carbocycles. The van der Waals surface area contributed by atoms with Crippen molar-refractivity contribution in [2.24, 2.45) is 5.84 Å². The third-order valence-corrected chi connectivity index (χ3v) is 5.12. The molecule has 0 saturated carbocycles. The van der Waals surface area contributed by atoms with Crippen molar-refractivity contribution in [3.63, 3.8) is 0 Å². The number of rotatable bonds is 5. The predicted molar refractivity (Wildman–Crippen MR) is 84.1 cm³/mol. The van der Waals surface area contributed by atoms with Crippen molar-refractivity contribution in [1.82, 2.24) is 4.31 Å². The van der Waals surface area contributed by atoms with Gasteiger partial charge in [-0.3, -0.25) is 5.84 Å². The van der Waals surface area contributed by atoms with Crippen LogP contribution in [0.4, 0.5) is 5.69 Å². The molecule has 5 nitrogen and oxygen atoms in total. The molecule has 21 heavy (non-hydrogen) atoms. The van der Waals surface area contributed by atoms with E-state index in [2.05, 4.69) is 5.43 Å². The van der Waals surface area contributed by atoms with Crippen molar-refractivity contribution in [1.29, 1.82) is 0 Å². The number of anilines is 1. The van der Waals surface area contributed by atoms with Crippen LogP contribution in [0, 0.1) is 6.92 Å². The summed E-state index contributed by atoms with van der Waals surface area (Å²) in [5, 5.41) is 0. The first-order chi connectivity index (χ1) is 9.95. The maximum absolute atomic E-state index is 12.6. The van der Waals surface area contributed by atoms with Crippen LogP contribution in [0.3, 0.4) is 0 Å². The molecule has 0 unspecified atom stereocenters. The average Bonchev–Trinajstić information content (AvgIpc) is 2.49. The zero-order valence-electron chi connectivity index (χ0n) is 12.1. The van der Waals surface area contributed by atoms with Gasteiger partial charge in [-0.05, 0) is 24.6 Å². The highest BCUT2D eigenvalue weighted by atomic mass is 32.2. The molecule has 0 fully saturated rings. The minimum Gasteiger partial charge on any atom is -0.323 e.